The highest BCUT2D eigenvalue weighted by atomic mass is 32.2. The lowest BCUT2D eigenvalue weighted by Gasteiger charge is -2.17. The Hall–Kier alpha value is -2.29. The molecule has 0 aromatic heterocycles. The summed E-state index contributed by atoms with van der Waals surface area (Å²) in [6.45, 7) is 5.48. The number of methoxy groups -OCH3 is 1. The monoisotopic (exact) mass is 369 g/mol. The zero-order valence-corrected chi connectivity index (χ0v) is 16.3. The molecule has 0 N–H and O–H groups in total. The molecule has 1 heterocycles. The Bertz CT molecular complexity index is 975. The largest absolute Gasteiger partial charge is 0.496 e. The molecular formula is C21H23NO3S. The predicted molar refractivity (Wildman–Crippen MR) is 103 cm³/mol. The van der Waals surface area contributed by atoms with E-state index >= 15 is 0 Å². The maximum atomic E-state index is 13.3. The van der Waals surface area contributed by atoms with Crippen LogP contribution in [0.3, 0.4) is 0 Å². The third-order valence-electron chi connectivity index (χ3n) is 5.07. The van der Waals surface area contributed by atoms with Gasteiger partial charge in [0.1, 0.15) is 11.8 Å². The van der Waals surface area contributed by atoms with E-state index in [1.165, 1.54) is 4.31 Å². The van der Waals surface area contributed by atoms with Crippen LogP contribution in [-0.4, -0.2) is 31.9 Å². The van der Waals surface area contributed by atoms with Gasteiger partial charge >= 0.3 is 0 Å². The molecule has 0 bridgehead atoms. The van der Waals surface area contributed by atoms with Crippen LogP contribution in [0.4, 0.5) is 0 Å². The second-order valence-electron chi connectivity index (χ2n) is 6.68. The fourth-order valence-electron chi connectivity index (χ4n) is 3.56. The minimum absolute atomic E-state index is 0.200. The van der Waals surface area contributed by atoms with Crippen LogP contribution in [-0.2, 0) is 16.4 Å². The fourth-order valence-corrected chi connectivity index (χ4v) is 5.77. The SMILES string of the molecule is C#C[C@H]1[C@@H](Cc2ccccc2)N1S(=O)(=O)c1c(C)cc(OC)c(C)c1C. The van der Waals surface area contributed by atoms with Gasteiger partial charge in [0.2, 0.25) is 10.0 Å². The van der Waals surface area contributed by atoms with E-state index < -0.39 is 16.1 Å². The summed E-state index contributed by atoms with van der Waals surface area (Å²) >= 11 is 0. The molecule has 0 amide bonds. The molecular weight excluding hydrogens is 346 g/mol. The Morgan fingerprint density at radius 3 is 2.38 bits per heavy atom. The van der Waals surface area contributed by atoms with Crippen molar-refractivity contribution >= 4 is 10.0 Å². The lowest BCUT2D eigenvalue weighted by Crippen LogP contribution is -2.19. The zero-order chi connectivity index (χ0) is 19.1. The topological polar surface area (TPSA) is 46.4 Å². The summed E-state index contributed by atoms with van der Waals surface area (Å²) in [7, 11) is -2.08. The number of hydrogen-bond acceptors (Lipinski definition) is 3. The molecule has 3 atom stereocenters. The average molecular weight is 369 g/mol. The maximum Gasteiger partial charge on any atom is 0.245 e. The van der Waals surface area contributed by atoms with Gasteiger partial charge in [-0.15, -0.1) is 6.42 Å². The number of aryl methyl sites for hydroxylation is 1. The van der Waals surface area contributed by atoms with Crippen molar-refractivity contribution in [2.75, 3.05) is 7.11 Å². The number of benzene rings is 2. The Balaban J connectivity index is 1.99. The molecule has 4 nitrogen and oxygen atoms in total. The summed E-state index contributed by atoms with van der Waals surface area (Å²) in [6.07, 6.45) is 6.23. The highest BCUT2D eigenvalue weighted by Gasteiger charge is 2.55. The Labute approximate surface area is 155 Å². The van der Waals surface area contributed by atoms with E-state index in [0.29, 0.717) is 28.2 Å². The molecule has 0 saturated carbocycles. The van der Waals surface area contributed by atoms with Gasteiger partial charge in [-0.1, -0.05) is 36.3 Å². The number of sulfonamides is 1. The Kier molecular flexibility index (Phi) is 4.83. The summed E-state index contributed by atoms with van der Waals surface area (Å²) in [5.41, 5.74) is 3.29. The number of ether oxygens (including phenoxy) is 1. The third kappa shape index (κ3) is 3.00. The van der Waals surface area contributed by atoms with Crippen LogP contribution >= 0.6 is 0 Å². The first-order valence-electron chi connectivity index (χ1n) is 8.51. The van der Waals surface area contributed by atoms with Gasteiger partial charge in [0.05, 0.1) is 18.0 Å². The first kappa shape index (κ1) is 18.5. The van der Waals surface area contributed by atoms with Crippen LogP contribution in [0.15, 0.2) is 41.3 Å². The second kappa shape index (κ2) is 6.79. The average Bonchev–Trinajstić information content (AvgIpc) is 3.32. The van der Waals surface area contributed by atoms with Gasteiger partial charge in [-0.25, -0.2) is 8.42 Å². The van der Waals surface area contributed by atoms with Gasteiger partial charge in [-0.3, -0.25) is 0 Å². The molecule has 0 spiro atoms. The molecule has 136 valence electrons. The normalized spacial score (nSPS) is 21.9. The van der Waals surface area contributed by atoms with E-state index in [1.807, 2.05) is 44.2 Å². The molecule has 0 radical (unpaired) electrons. The number of terminal acetylenes is 1. The van der Waals surface area contributed by atoms with Crippen molar-refractivity contribution in [3.05, 3.63) is 58.7 Å². The molecule has 1 fully saturated rings. The predicted octanol–water partition coefficient (Wildman–Crippen LogP) is 3.24. The van der Waals surface area contributed by atoms with Gasteiger partial charge in [-0.2, -0.15) is 4.31 Å². The second-order valence-corrected chi connectivity index (χ2v) is 8.46. The van der Waals surface area contributed by atoms with E-state index in [4.69, 9.17) is 11.2 Å². The fraction of sp³-hybridized carbons (Fsp3) is 0.333. The highest BCUT2D eigenvalue weighted by Crippen LogP contribution is 2.41. The van der Waals surface area contributed by atoms with Crippen molar-refractivity contribution in [3.8, 4) is 18.1 Å². The lowest BCUT2D eigenvalue weighted by molar-refractivity contribution is 0.410. The van der Waals surface area contributed by atoms with Gasteiger partial charge in [-0.05, 0) is 55.5 Å². The summed E-state index contributed by atoms with van der Waals surface area (Å²) < 4.78 is 33.5. The van der Waals surface area contributed by atoms with Gasteiger partial charge in [0.25, 0.3) is 0 Å². The molecule has 5 heteroatoms. The standard InChI is InChI=1S/C21H23NO3S/c1-6-18-19(13-17-10-8-7-9-11-17)22(18)26(23,24)21-14(2)12-20(25-5)15(3)16(21)4/h1,7-12,18-19H,13H2,2-5H3/t18-,19+,22?/m0/s1. The van der Waals surface area contributed by atoms with E-state index in [-0.39, 0.29) is 6.04 Å². The smallest absolute Gasteiger partial charge is 0.245 e. The highest BCUT2D eigenvalue weighted by molar-refractivity contribution is 7.89. The quantitative estimate of drug-likeness (QED) is 0.600. The van der Waals surface area contributed by atoms with E-state index in [9.17, 15) is 8.42 Å². The third-order valence-corrected chi connectivity index (χ3v) is 7.27. The molecule has 26 heavy (non-hydrogen) atoms. The molecule has 2 aromatic carbocycles. The van der Waals surface area contributed by atoms with Gasteiger partial charge in [0, 0.05) is 0 Å². The molecule has 2 aromatic rings. The lowest BCUT2D eigenvalue weighted by atomic mass is 10.1. The van der Waals surface area contributed by atoms with E-state index in [1.54, 1.807) is 20.1 Å². The van der Waals surface area contributed by atoms with Crippen LogP contribution in [0.5, 0.6) is 5.75 Å². The minimum atomic E-state index is -3.67. The van der Waals surface area contributed by atoms with Crippen molar-refractivity contribution < 1.29 is 13.2 Å². The van der Waals surface area contributed by atoms with Gasteiger partial charge in [0.15, 0.2) is 0 Å². The van der Waals surface area contributed by atoms with Crippen LogP contribution in [0.25, 0.3) is 0 Å². The maximum absolute atomic E-state index is 13.3. The minimum Gasteiger partial charge on any atom is -0.496 e. The Morgan fingerprint density at radius 1 is 1.15 bits per heavy atom. The van der Waals surface area contributed by atoms with Crippen LogP contribution in [0.2, 0.25) is 0 Å². The number of nitrogens with zero attached hydrogens (tertiary/aromatic N) is 1. The molecule has 0 aliphatic carbocycles. The summed E-state index contributed by atoms with van der Waals surface area (Å²) in [5.74, 6) is 3.33. The summed E-state index contributed by atoms with van der Waals surface area (Å²) in [4.78, 5) is 0.339. The summed E-state index contributed by atoms with van der Waals surface area (Å²) in [5, 5.41) is 0. The molecule has 1 unspecified atom stereocenters. The number of rotatable bonds is 5. The van der Waals surface area contributed by atoms with Crippen molar-refractivity contribution in [1.29, 1.82) is 0 Å². The van der Waals surface area contributed by atoms with E-state index in [0.717, 1.165) is 11.1 Å². The molecule has 1 saturated heterocycles. The van der Waals surface area contributed by atoms with Crippen molar-refractivity contribution in [3.63, 3.8) is 0 Å². The van der Waals surface area contributed by atoms with E-state index in [2.05, 4.69) is 5.92 Å². The molecule has 3 rings (SSSR count). The number of hydrogen-bond donors (Lipinski definition) is 0. The summed E-state index contributed by atoms with van der Waals surface area (Å²) in [6, 6.07) is 11.0. The first-order chi connectivity index (χ1) is 12.3. The molecule has 1 aliphatic rings. The van der Waals surface area contributed by atoms with Crippen molar-refractivity contribution in [1.82, 2.24) is 4.31 Å². The van der Waals surface area contributed by atoms with Crippen LogP contribution in [0, 0.1) is 33.1 Å². The van der Waals surface area contributed by atoms with Crippen LogP contribution < -0.4 is 4.74 Å². The Morgan fingerprint density at radius 2 is 1.81 bits per heavy atom. The first-order valence-corrected chi connectivity index (χ1v) is 9.95. The zero-order valence-electron chi connectivity index (χ0n) is 15.5. The van der Waals surface area contributed by atoms with Gasteiger partial charge < -0.3 is 4.74 Å². The van der Waals surface area contributed by atoms with Crippen molar-refractivity contribution in [2.45, 2.75) is 44.2 Å². The van der Waals surface area contributed by atoms with Crippen molar-refractivity contribution in [2.24, 2.45) is 0 Å². The molecule has 1 aliphatic heterocycles. The van der Waals surface area contributed by atoms with Crippen LogP contribution in [0.1, 0.15) is 22.3 Å².